The minimum atomic E-state index is -5.02. The lowest BCUT2D eigenvalue weighted by Gasteiger charge is -2.33. The van der Waals surface area contributed by atoms with Crippen molar-refractivity contribution in [2.24, 2.45) is 0 Å². The van der Waals surface area contributed by atoms with Crippen LogP contribution in [-0.2, 0) is 21.2 Å². The number of rotatable bonds is 7. The number of nitrogens with zero attached hydrogens (tertiary/aromatic N) is 8. The topological polar surface area (TPSA) is 180 Å². The maximum absolute atomic E-state index is 13.9. The third-order valence-corrected chi connectivity index (χ3v) is 8.61. The number of pyridine rings is 3. The summed E-state index contributed by atoms with van der Waals surface area (Å²) < 4.78 is 17.8. The molecule has 14 nitrogen and oxygen atoms in total. The number of aromatic nitrogens is 5. The Hall–Kier alpha value is -4.77. The standard InChI is InChI=1S/C31H31N8O6P/c1-31(2,18-32)21-5-7-22(8-6-21)39-28-23(29(40)38(30(39)41)19-45-46(42,43)44)17-33-25-10-9-24(35-27(25)28)20-4-11-26(34-16-20)37-14-12-36(3)13-15-37/h4-11,16-17H,12-15,19H2,1-3H3,(H2,42,43,44). The van der Waals surface area contributed by atoms with Crippen LogP contribution < -0.4 is 16.1 Å². The fourth-order valence-electron chi connectivity index (χ4n) is 5.38. The summed E-state index contributed by atoms with van der Waals surface area (Å²) in [6, 6.07) is 16.3. The first-order valence-corrected chi connectivity index (χ1v) is 16.0. The zero-order chi connectivity index (χ0) is 32.8. The van der Waals surface area contributed by atoms with Crippen molar-refractivity contribution in [2.45, 2.75) is 26.0 Å². The quantitative estimate of drug-likeness (QED) is 0.196. The highest BCUT2D eigenvalue weighted by atomic mass is 31.2. The number of nitriles is 1. The molecule has 0 atom stereocenters. The molecule has 2 N–H and O–H groups in total. The predicted octanol–water partition coefficient (Wildman–Crippen LogP) is 2.78. The molecular formula is C31H31N8O6P. The van der Waals surface area contributed by atoms with E-state index in [1.54, 1.807) is 56.4 Å². The van der Waals surface area contributed by atoms with Crippen LogP contribution in [0.2, 0.25) is 0 Å². The monoisotopic (exact) mass is 642 g/mol. The highest BCUT2D eigenvalue weighted by Crippen LogP contribution is 2.36. The van der Waals surface area contributed by atoms with Gasteiger partial charge in [0.25, 0.3) is 5.56 Å². The second kappa shape index (κ2) is 11.9. The maximum Gasteiger partial charge on any atom is 0.471 e. The van der Waals surface area contributed by atoms with Crippen LogP contribution in [0.5, 0.6) is 0 Å². The normalized spacial score (nSPS) is 14.6. The van der Waals surface area contributed by atoms with Crippen LogP contribution in [0.15, 0.2) is 70.5 Å². The average Bonchev–Trinajstić information content (AvgIpc) is 3.04. The molecule has 0 bridgehead atoms. The van der Waals surface area contributed by atoms with Gasteiger partial charge in [-0.3, -0.25) is 18.9 Å². The van der Waals surface area contributed by atoms with Gasteiger partial charge in [0, 0.05) is 44.1 Å². The van der Waals surface area contributed by atoms with E-state index in [0.717, 1.165) is 37.6 Å². The van der Waals surface area contributed by atoms with E-state index in [1.807, 2.05) is 12.1 Å². The third-order valence-electron chi connectivity index (χ3n) is 8.16. The molecule has 1 aliphatic rings. The first-order chi connectivity index (χ1) is 21.9. The van der Waals surface area contributed by atoms with Crippen molar-refractivity contribution in [2.75, 3.05) is 38.1 Å². The van der Waals surface area contributed by atoms with E-state index < -0.39 is 31.2 Å². The summed E-state index contributed by atoms with van der Waals surface area (Å²) in [4.78, 5) is 64.5. The second-order valence-electron chi connectivity index (χ2n) is 11.7. The Morgan fingerprint density at radius 1 is 0.978 bits per heavy atom. The Morgan fingerprint density at radius 2 is 1.70 bits per heavy atom. The average molecular weight is 643 g/mol. The smallest absolute Gasteiger partial charge is 0.354 e. The van der Waals surface area contributed by atoms with Gasteiger partial charge in [-0.15, -0.1) is 0 Å². The molecule has 15 heteroatoms. The molecule has 4 aromatic heterocycles. The van der Waals surface area contributed by atoms with Crippen molar-refractivity contribution in [3.05, 3.63) is 87.3 Å². The maximum atomic E-state index is 13.9. The molecule has 0 aliphatic carbocycles. The van der Waals surface area contributed by atoms with Gasteiger partial charge >= 0.3 is 13.5 Å². The summed E-state index contributed by atoms with van der Waals surface area (Å²) in [6.45, 7) is 6.18. The van der Waals surface area contributed by atoms with Crippen molar-refractivity contribution in [1.29, 1.82) is 5.26 Å². The van der Waals surface area contributed by atoms with E-state index in [9.17, 15) is 29.2 Å². The van der Waals surface area contributed by atoms with Crippen molar-refractivity contribution in [3.8, 4) is 23.0 Å². The van der Waals surface area contributed by atoms with E-state index in [-0.39, 0.29) is 16.4 Å². The number of hydrogen-bond acceptors (Lipinski definition) is 10. The van der Waals surface area contributed by atoms with Gasteiger partial charge in [-0.05, 0) is 62.9 Å². The minimum absolute atomic E-state index is 0.0176. The largest absolute Gasteiger partial charge is 0.471 e. The summed E-state index contributed by atoms with van der Waals surface area (Å²) in [7, 11) is -2.93. The highest BCUT2D eigenvalue weighted by molar-refractivity contribution is 7.46. The van der Waals surface area contributed by atoms with Crippen LogP contribution in [0.3, 0.4) is 0 Å². The summed E-state index contributed by atoms with van der Waals surface area (Å²) in [6.07, 6.45) is 3.03. The number of fused-ring (bicyclic) bond motifs is 3. The summed E-state index contributed by atoms with van der Waals surface area (Å²) >= 11 is 0. The van der Waals surface area contributed by atoms with Crippen LogP contribution in [-0.4, -0.2) is 72.0 Å². The first-order valence-electron chi connectivity index (χ1n) is 14.4. The molecule has 0 unspecified atom stereocenters. The number of likely N-dealkylation sites (N-methyl/N-ethyl adjacent to an activating group) is 1. The Morgan fingerprint density at radius 3 is 2.33 bits per heavy atom. The van der Waals surface area contributed by atoms with Gasteiger partial charge in [0.1, 0.15) is 18.1 Å². The van der Waals surface area contributed by atoms with E-state index in [0.29, 0.717) is 27.0 Å². The van der Waals surface area contributed by atoms with Crippen molar-refractivity contribution in [3.63, 3.8) is 0 Å². The number of benzene rings is 1. The number of piperazine rings is 1. The predicted molar refractivity (Wildman–Crippen MR) is 172 cm³/mol. The lowest BCUT2D eigenvalue weighted by molar-refractivity contribution is 0.148. The van der Waals surface area contributed by atoms with Crippen LogP contribution in [0.4, 0.5) is 5.82 Å². The highest BCUT2D eigenvalue weighted by Gasteiger charge is 2.24. The van der Waals surface area contributed by atoms with Crippen molar-refractivity contribution < 1.29 is 18.9 Å². The second-order valence-corrected chi connectivity index (χ2v) is 12.9. The number of anilines is 1. The zero-order valence-electron chi connectivity index (χ0n) is 25.4. The van der Waals surface area contributed by atoms with E-state index in [2.05, 4.69) is 37.4 Å². The SMILES string of the molecule is CN1CCN(c2ccc(-c3ccc4ncc5c(=O)n(COP(=O)(O)O)c(=O)n(-c6ccc(C(C)(C)C#N)cc6)c5c4n3)cn2)CC1. The molecule has 0 radical (unpaired) electrons. The van der Waals surface area contributed by atoms with Gasteiger partial charge in [-0.2, -0.15) is 5.26 Å². The van der Waals surface area contributed by atoms with E-state index in [4.69, 9.17) is 4.98 Å². The van der Waals surface area contributed by atoms with Gasteiger partial charge in [-0.1, -0.05) is 12.1 Å². The Bertz CT molecular complexity index is 2160. The molecule has 6 rings (SSSR count). The fourth-order valence-corrected chi connectivity index (χ4v) is 5.65. The van der Waals surface area contributed by atoms with Gasteiger partial charge in [0.15, 0.2) is 0 Å². The van der Waals surface area contributed by atoms with E-state index >= 15 is 0 Å². The minimum Gasteiger partial charge on any atom is -0.354 e. The van der Waals surface area contributed by atoms with Gasteiger partial charge in [0.2, 0.25) is 0 Å². The number of phosphoric ester groups is 1. The van der Waals surface area contributed by atoms with Crippen LogP contribution in [0.25, 0.3) is 38.9 Å². The molecule has 1 fully saturated rings. The summed E-state index contributed by atoms with van der Waals surface area (Å²) in [5, 5.41) is 9.58. The Labute approximate surface area is 263 Å². The van der Waals surface area contributed by atoms with Crippen LogP contribution in [0.1, 0.15) is 19.4 Å². The van der Waals surface area contributed by atoms with Crippen molar-refractivity contribution in [1.82, 2.24) is 29.0 Å². The van der Waals surface area contributed by atoms with E-state index in [1.165, 1.54) is 10.8 Å². The molecule has 236 valence electrons. The number of phosphoric acid groups is 1. The summed E-state index contributed by atoms with van der Waals surface area (Å²) in [5.74, 6) is 0.861. The van der Waals surface area contributed by atoms with Crippen molar-refractivity contribution >= 4 is 35.6 Å². The first kappa shape index (κ1) is 31.2. The third kappa shape index (κ3) is 5.94. The molecule has 1 saturated heterocycles. The molecule has 1 aromatic carbocycles. The molecular weight excluding hydrogens is 611 g/mol. The zero-order valence-corrected chi connectivity index (χ0v) is 26.3. The Kier molecular flexibility index (Phi) is 8.05. The molecule has 1 aliphatic heterocycles. The van der Waals surface area contributed by atoms with Gasteiger partial charge in [-0.25, -0.2) is 23.9 Å². The molecule has 5 heterocycles. The number of hydrogen-bond donors (Lipinski definition) is 2. The Balaban J connectivity index is 1.54. The molecule has 46 heavy (non-hydrogen) atoms. The van der Waals surface area contributed by atoms with Crippen LogP contribution in [0, 0.1) is 11.3 Å². The lowest BCUT2D eigenvalue weighted by Crippen LogP contribution is -2.44. The lowest BCUT2D eigenvalue weighted by atomic mass is 9.86. The van der Waals surface area contributed by atoms with Crippen LogP contribution >= 0.6 is 7.82 Å². The summed E-state index contributed by atoms with van der Waals surface area (Å²) in [5.41, 5.74) is 0.558. The van der Waals surface area contributed by atoms with Gasteiger partial charge in [0.05, 0.1) is 39.3 Å². The fraction of sp³-hybridized carbons (Fsp3) is 0.290. The molecule has 0 saturated carbocycles. The molecule has 0 amide bonds. The molecule has 0 spiro atoms. The molecule has 5 aromatic rings. The van der Waals surface area contributed by atoms with Gasteiger partial charge < -0.3 is 19.6 Å².